The number of thiophene rings is 1. The topological polar surface area (TPSA) is 148 Å². The van der Waals surface area contributed by atoms with Crippen molar-refractivity contribution >= 4 is 48.8 Å². The summed E-state index contributed by atoms with van der Waals surface area (Å²) in [5.74, 6) is -0.140. The monoisotopic (exact) mass is 442 g/mol. The molecule has 1 aromatic carbocycles. The van der Waals surface area contributed by atoms with Crippen molar-refractivity contribution in [1.29, 1.82) is 0 Å². The maximum atomic E-state index is 12.5. The van der Waals surface area contributed by atoms with Crippen LogP contribution in [0, 0.1) is 6.92 Å². The van der Waals surface area contributed by atoms with Crippen LogP contribution in [0.25, 0.3) is 0 Å². The zero-order valence-electron chi connectivity index (χ0n) is 14.8. The number of rotatable bonds is 5. The van der Waals surface area contributed by atoms with E-state index in [4.69, 9.17) is 5.14 Å². The van der Waals surface area contributed by atoms with Gasteiger partial charge in [-0.1, -0.05) is 6.07 Å². The van der Waals surface area contributed by atoms with Gasteiger partial charge in [-0.05, 0) is 43.2 Å². The summed E-state index contributed by atoms with van der Waals surface area (Å²) in [6.45, 7) is 2.18. The molecule has 4 N–H and O–H groups in total. The second kappa shape index (κ2) is 7.62. The minimum Gasteiger partial charge on any atom is -0.321 e. The molecule has 0 atom stereocenters. The molecule has 9 nitrogen and oxygen atoms in total. The summed E-state index contributed by atoms with van der Waals surface area (Å²) in [5.41, 5.74) is 0.711. The van der Waals surface area contributed by atoms with Crippen LogP contribution in [-0.4, -0.2) is 35.1 Å². The van der Waals surface area contributed by atoms with Crippen molar-refractivity contribution in [2.24, 2.45) is 10.1 Å². The van der Waals surface area contributed by atoms with E-state index >= 15 is 0 Å². The standard InChI is InChI=1S/C16H18N4O5S3/c1-10-8-14(27(17,22)23)26-15(10)16(21)19-11-4-2-5-12(9-11)28(24,25)20-13-6-3-7-18-13/h2,4-5,8-9H,3,6-7H2,1H3,(H,18,20)(H,19,21)(H2,17,22,23). The minimum atomic E-state index is -3.91. The summed E-state index contributed by atoms with van der Waals surface area (Å²) in [7, 11) is -7.72. The van der Waals surface area contributed by atoms with Crippen LogP contribution in [0.4, 0.5) is 5.69 Å². The van der Waals surface area contributed by atoms with Gasteiger partial charge in [0.2, 0.25) is 10.0 Å². The summed E-state index contributed by atoms with van der Waals surface area (Å²) in [6, 6.07) is 7.08. The Balaban J connectivity index is 1.81. The van der Waals surface area contributed by atoms with Gasteiger partial charge in [0.25, 0.3) is 15.9 Å². The average Bonchev–Trinajstić information content (AvgIpc) is 3.23. The molecule has 1 amide bonds. The molecule has 0 saturated heterocycles. The number of carbonyl (C=O) groups excluding carboxylic acids is 1. The number of aryl methyl sites for hydroxylation is 1. The Morgan fingerprint density at radius 3 is 2.57 bits per heavy atom. The Morgan fingerprint density at radius 1 is 1.21 bits per heavy atom. The molecule has 28 heavy (non-hydrogen) atoms. The van der Waals surface area contributed by atoms with E-state index in [1.807, 2.05) is 0 Å². The predicted octanol–water partition coefficient (Wildman–Crippen LogP) is 1.43. The lowest BCUT2D eigenvalue weighted by molar-refractivity contribution is 0.103. The third-order valence-electron chi connectivity index (χ3n) is 3.91. The van der Waals surface area contributed by atoms with Crippen LogP contribution >= 0.6 is 11.3 Å². The van der Waals surface area contributed by atoms with Crippen LogP contribution in [0.2, 0.25) is 0 Å². The lowest BCUT2D eigenvalue weighted by Crippen LogP contribution is -2.29. The van der Waals surface area contributed by atoms with Crippen LogP contribution in [0.3, 0.4) is 0 Å². The number of primary sulfonamides is 1. The molecule has 150 valence electrons. The number of amides is 1. The first-order valence-corrected chi connectivity index (χ1v) is 12.0. The quantitative estimate of drug-likeness (QED) is 0.640. The van der Waals surface area contributed by atoms with Crippen LogP contribution in [0.5, 0.6) is 0 Å². The molecular formula is C16H18N4O5S3. The fourth-order valence-corrected chi connectivity index (χ4v) is 5.57. The number of hydrogen-bond acceptors (Lipinski definition) is 7. The summed E-state index contributed by atoms with van der Waals surface area (Å²) >= 11 is 0.754. The van der Waals surface area contributed by atoms with Gasteiger partial charge >= 0.3 is 0 Å². The minimum absolute atomic E-state index is 0.0203. The maximum absolute atomic E-state index is 12.5. The molecule has 2 aromatic rings. The molecule has 0 bridgehead atoms. The number of amidine groups is 1. The van der Waals surface area contributed by atoms with Crippen molar-refractivity contribution in [3.05, 3.63) is 40.8 Å². The van der Waals surface area contributed by atoms with Gasteiger partial charge in [-0.25, -0.2) is 22.0 Å². The van der Waals surface area contributed by atoms with Gasteiger partial charge in [0, 0.05) is 18.7 Å². The lowest BCUT2D eigenvalue weighted by atomic mass is 10.2. The summed E-state index contributed by atoms with van der Waals surface area (Å²) < 4.78 is 50.2. The first kappa shape index (κ1) is 20.5. The third kappa shape index (κ3) is 4.58. The molecule has 12 heteroatoms. The number of nitrogens with one attached hydrogen (secondary N) is 2. The van der Waals surface area contributed by atoms with Crippen molar-refractivity contribution < 1.29 is 21.6 Å². The molecule has 2 heterocycles. The van der Waals surface area contributed by atoms with Gasteiger partial charge in [-0.15, -0.1) is 11.3 Å². The average molecular weight is 443 g/mol. The number of hydrogen-bond donors (Lipinski definition) is 3. The second-order valence-electron chi connectivity index (χ2n) is 6.14. The lowest BCUT2D eigenvalue weighted by Gasteiger charge is -2.10. The van der Waals surface area contributed by atoms with Crippen molar-refractivity contribution in [3.8, 4) is 0 Å². The highest BCUT2D eigenvalue weighted by Crippen LogP contribution is 2.26. The van der Waals surface area contributed by atoms with E-state index in [9.17, 15) is 21.6 Å². The zero-order valence-corrected chi connectivity index (χ0v) is 17.2. The van der Waals surface area contributed by atoms with Crippen molar-refractivity contribution in [2.45, 2.75) is 28.9 Å². The summed E-state index contributed by atoms with van der Waals surface area (Å²) in [4.78, 5) is 16.7. The number of benzene rings is 1. The Kier molecular flexibility index (Phi) is 5.57. The predicted molar refractivity (Wildman–Crippen MR) is 107 cm³/mol. The Bertz CT molecular complexity index is 1170. The van der Waals surface area contributed by atoms with E-state index in [1.165, 1.54) is 30.3 Å². The van der Waals surface area contributed by atoms with Gasteiger partial charge in [0.15, 0.2) is 0 Å². The number of nitrogens with zero attached hydrogens (tertiary/aromatic N) is 1. The van der Waals surface area contributed by atoms with Crippen LogP contribution in [0.1, 0.15) is 28.1 Å². The number of sulfonamides is 2. The van der Waals surface area contributed by atoms with Gasteiger partial charge in [-0.3, -0.25) is 14.5 Å². The first-order chi connectivity index (χ1) is 13.1. The number of aliphatic imine (C=N–C) groups is 1. The number of anilines is 1. The van der Waals surface area contributed by atoms with Crippen molar-refractivity contribution in [2.75, 3.05) is 11.9 Å². The molecule has 1 aliphatic heterocycles. The molecule has 0 saturated carbocycles. The molecule has 0 aliphatic carbocycles. The van der Waals surface area contributed by atoms with E-state index in [0.29, 0.717) is 24.4 Å². The molecule has 1 aliphatic rings. The van der Waals surface area contributed by atoms with Gasteiger partial charge in [0.1, 0.15) is 10.0 Å². The van der Waals surface area contributed by atoms with E-state index in [-0.39, 0.29) is 19.7 Å². The van der Waals surface area contributed by atoms with Gasteiger partial charge in [-0.2, -0.15) is 0 Å². The van der Waals surface area contributed by atoms with Crippen molar-refractivity contribution in [3.63, 3.8) is 0 Å². The fraction of sp³-hybridized carbons (Fsp3) is 0.250. The maximum Gasteiger partial charge on any atom is 0.266 e. The summed E-state index contributed by atoms with van der Waals surface area (Å²) in [5, 5.41) is 7.68. The van der Waals surface area contributed by atoms with Crippen LogP contribution in [-0.2, 0) is 20.0 Å². The second-order valence-corrected chi connectivity index (χ2v) is 10.7. The van der Waals surface area contributed by atoms with E-state index in [0.717, 1.165) is 17.8 Å². The Labute approximate surface area is 166 Å². The highest BCUT2D eigenvalue weighted by atomic mass is 32.2. The molecule has 0 spiro atoms. The van der Waals surface area contributed by atoms with Crippen LogP contribution < -0.4 is 15.2 Å². The Hall–Kier alpha value is -2.28. The SMILES string of the molecule is Cc1cc(S(N)(=O)=O)sc1C(=O)Nc1cccc(S(=O)(=O)NC2=NCCC2)c1. The smallest absolute Gasteiger partial charge is 0.266 e. The normalized spacial score (nSPS) is 14.6. The molecular weight excluding hydrogens is 424 g/mol. The molecule has 1 aromatic heterocycles. The van der Waals surface area contributed by atoms with Crippen LogP contribution in [0.15, 0.2) is 44.4 Å². The Morgan fingerprint density at radius 2 is 1.96 bits per heavy atom. The highest BCUT2D eigenvalue weighted by Gasteiger charge is 2.21. The molecule has 0 fully saturated rings. The van der Waals surface area contributed by atoms with E-state index in [2.05, 4.69) is 15.0 Å². The largest absolute Gasteiger partial charge is 0.321 e. The molecule has 0 unspecified atom stereocenters. The van der Waals surface area contributed by atoms with E-state index < -0.39 is 26.0 Å². The number of carbonyl (C=O) groups is 1. The highest BCUT2D eigenvalue weighted by molar-refractivity contribution is 7.91. The fourth-order valence-electron chi connectivity index (χ4n) is 2.58. The summed E-state index contributed by atoms with van der Waals surface area (Å²) in [6.07, 6.45) is 1.37. The first-order valence-electron chi connectivity index (χ1n) is 8.17. The molecule has 3 rings (SSSR count). The van der Waals surface area contributed by atoms with Crippen molar-refractivity contribution in [1.82, 2.24) is 4.72 Å². The van der Waals surface area contributed by atoms with E-state index in [1.54, 1.807) is 6.92 Å². The zero-order chi connectivity index (χ0) is 20.5. The number of nitrogens with two attached hydrogens (primary N) is 1. The van der Waals surface area contributed by atoms with Gasteiger partial charge in [0.05, 0.1) is 9.77 Å². The van der Waals surface area contributed by atoms with Gasteiger partial charge < -0.3 is 5.32 Å². The molecule has 0 radical (unpaired) electrons. The third-order valence-corrected chi connectivity index (χ3v) is 7.95.